The number of unbranched alkanes of at least 4 members (excludes halogenated alkanes) is 2. The van der Waals surface area contributed by atoms with Gasteiger partial charge in [-0.25, -0.2) is 0 Å². The minimum Gasteiger partial charge on any atom is -0.481 e. The third-order valence-corrected chi connectivity index (χ3v) is 2.77. The molecule has 0 radical (unpaired) electrons. The van der Waals surface area contributed by atoms with E-state index < -0.39 is 15.8 Å². The van der Waals surface area contributed by atoms with Gasteiger partial charge in [-0.05, 0) is 18.9 Å². The first-order valence-corrected chi connectivity index (χ1v) is 6.30. The second kappa shape index (κ2) is 7.78. The molecule has 21 heavy (non-hydrogen) atoms. The normalized spacial score (nSPS) is 10.1. The molecule has 0 aliphatic rings. The molecule has 114 valence electrons. The summed E-state index contributed by atoms with van der Waals surface area (Å²) in [5, 5.41) is 32.8. The molecule has 0 fully saturated rings. The molecule has 0 aliphatic heterocycles. The fraction of sp³-hybridized carbons (Fsp3) is 0.417. The number of nitro benzene ring substituents is 2. The van der Waals surface area contributed by atoms with Crippen LogP contribution in [0.4, 0.5) is 17.1 Å². The molecule has 9 heteroatoms. The van der Waals surface area contributed by atoms with Crippen LogP contribution in [0.2, 0.25) is 0 Å². The van der Waals surface area contributed by atoms with Crippen molar-refractivity contribution in [2.75, 3.05) is 11.9 Å². The fourth-order valence-electron chi connectivity index (χ4n) is 1.74. The number of benzene rings is 1. The zero-order valence-electron chi connectivity index (χ0n) is 11.2. The summed E-state index contributed by atoms with van der Waals surface area (Å²) in [6.45, 7) is 0.429. The summed E-state index contributed by atoms with van der Waals surface area (Å²) >= 11 is 0. The molecule has 2 N–H and O–H groups in total. The average molecular weight is 297 g/mol. The van der Waals surface area contributed by atoms with Gasteiger partial charge in [-0.2, -0.15) is 0 Å². The first-order valence-electron chi connectivity index (χ1n) is 6.30. The first kappa shape index (κ1) is 16.3. The minimum absolute atomic E-state index is 0.0949. The highest BCUT2D eigenvalue weighted by atomic mass is 16.6. The number of carboxylic acid groups (broad SMARTS) is 1. The van der Waals surface area contributed by atoms with Crippen LogP contribution in [0, 0.1) is 20.2 Å². The molecule has 0 atom stereocenters. The number of nitrogens with zero attached hydrogens (tertiary/aromatic N) is 2. The molecule has 0 unspecified atom stereocenters. The van der Waals surface area contributed by atoms with E-state index in [-0.39, 0.29) is 23.5 Å². The van der Waals surface area contributed by atoms with E-state index >= 15 is 0 Å². The molecule has 0 spiro atoms. The molecule has 0 bridgehead atoms. The zero-order chi connectivity index (χ0) is 15.8. The minimum atomic E-state index is -0.853. The lowest BCUT2D eigenvalue weighted by atomic mass is 10.2. The predicted octanol–water partition coefficient (Wildman–Crippen LogP) is 2.56. The zero-order valence-corrected chi connectivity index (χ0v) is 11.2. The number of hydrogen-bond acceptors (Lipinski definition) is 6. The number of nitro groups is 2. The Morgan fingerprint density at radius 3 is 2.43 bits per heavy atom. The topological polar surface area (TPSA) is 136 Å². The quantitative estimate of drug-likeness (QED) is 0.406. The van der Waals surface area contributed by atoms with E-state index in [1.807, 2.05) is 0 Å². The summed E-state index contributed by atoms with van der Waals surface area (Å²) in [6, 6.07) is 3.40. The lowest BCUT2D eigenvalue weighted by molar-refractivity contribution is -0.393. The Kier molecular flexibility index (Phi) is 6.05. The highest BCUT2D eigenvalue weighted by Crippen LogP contribution is 2.28. The van der Waals surface area contributed by atoms with Crippen molar-refractivity contribution in [3.63, 3.8) is 0 Å². The van der Waals surface area contributed by atoms with Gasteiger partial charge in [0.2, 0.25) is 0 Å². The van der Waals surface area contributed by atoms with E-state index in [4.69, 9.17) is 5.11 Å². The number of anilines is 1. The van der Waals surface area contributed by atoms with Crippen molar-refractivity contribution >= 4 is 23.0 Å². The number of carboxylic acids is 1. The van der Waals surface area contributed by atoms with Crippen LogP contribution >= 0.6 is 0 Å². The Hall–Kier alpha value is -2.71. The molecule has 1 aromatic carbocycles. The molecule has 0 saturated carbocycles. The highest BCUT2D eigenvalue weighted by Gasteiger charge is 2.18. The summed E-state index contributed by atoms with van der Waals surface area (Å²) < 4.78 is 0. The van der Waals surface area contributed by atoms with Gasteiger partial charge in [-0.3, -0.25) is 25.0 Å². The van der Waals surface area contributed by atoms with Gasteiger partial charge in [0, 0.05) is 19.0 Å². The number of nitrogens with one attached hydrogen (secondary N) is 1. The molecule has 1 rings (SSSR count). The maximum absolute atomic E-state index is 10.9. The number of hydrogen-bond donors (Lipinski definition) is 2. The van der Waals surface area contributed by atoms with Gasteiger partial charge >= 0.3 is 5.97 Å². The standard InChI is InChI=1S/C12H15N3O6/c16-12(17)4-2-1-3-7-13-10-6-5-9(14(18)19)8-11(10)15(20)21/h5-6,8,13H,1-4,7H2,(H,16,17). The third kappa shape index (κ3) is 5.43. The molecular formula is C12H15N3O6. The molecule has 0 amide bonds. The Bertz CT molecular complexity index is 546. The molecule has 0 aliphatic carbocycles. The van der Waals surface area contributed by atoms with Gasteiger partial charge in [-0.1, -0.05) is 6.42 Å². The van der Waals surface area contributed by atoms with E-state index in [1.165, 1.54) is 12.1 Å². The van der Waals surface area contributed by atoms with Crippen LogP contribution in [-0.4, -0.2) is 27.5 Å². The molecule has 0 aromatic heterocycles. The van der Waals surface area contributed by atoms with Crippen LogP contribution < -0.4 is 5.32 Å². The number of aliphatic carboxylic acids is 1. The van der Waals surface area contributed by atoms with Crippen LogP contribution in [0.15, 0.2) is 18.2 Å². The Labute approximate surface area is 119 Å². The Balaban J connectivity index is 2.56. The number of rotatable bonds is 9. The SMILES string of the molecule is O=C(O)CCCCCNc1ccc([N+](=O)[O-])cc1[N+](=O)[O-]. The third-order valence-electron chi connectivity index (χ3n) is 2.77. The van der Waals surface area contributed by atoms with Crippen LogP contribution in [0.3, 0.4) is 0 Å². The van der Waals surface area contributed by atoms with E-state index in [0.29, 0.717) is 25.8 Å². The van der Waals surface area contributed by atoms with Gasteiger partial charge in [0.05, 0.1) is 15.9 Å². The van der Waals surface area contributed by atoms with Crippen molar-refractivity contribution in [3.05, 3.63) is 38.4 Å². The molecular weight excluding hydrogens is 282 g/mol. The number of carbonyl (C=O) groups is 1. The summed E-state index contributed by atoms with van der Waals surface area (Å²) in [5.74, 6) is -0.853. The smallest absolute Gasteiger partial charge is 0.303 e. The van der Waals surface area contributed by atoms with Crippen LogP contribution in [0.25, 0.3) is 0 Å². The predicted molar refractivity (Wildman–Crippen MR) is 74.3 cm³/mol. The van der Waals surface area contributed by atoms with Crippen molar-refractivity contribution in [2.24, 2.45) is 0 Å². The van der Waals surface area contributed by atoms with Crippen LogP contribution in [0.5, 0.6) is 0 Å². The highest BCUT2D eigenvalue weighted by molar-refractivity contribution is 5.66. The summed E-state index contributed by atoms with van der Waals surface area (Å²) in [4.78, 5) is 30.4. The van der Waals surface area contributed by atoms with Crippen molar-refractivity contribution in [1.29, 1.82) is 0 Å². The average Bonchev–Trinajstić information content (AvgIpc) is 2.42. The van der Waals surface area contributed by atoms with Crippen molar-refractivity contribution < 1.29 is 19.7 Å². The fourth-order valence-corrected chi connectivity index (χ4v) is 1.74. The molecule has 0 heterocycles. The van der Waals surface area contributed by atoms with Crippen molar-refractivity contribution in [1.82, 2.24) is 0 Å². The summed E-state index contributed by atoms with van der Waals surface area (Å²) in [5.41, 5.74) is -0.479. The van der Waals surface area contributed by atoms with Gasteiger partial charge < -0.3 is 10.4 Å². The number of non-ortho nitro benzene ring substituents is 1. The van der Waals surface area contributed by atoms with Crippen LogP contribution in [-0.2, 0) is 4.79 Å². The lowest BCUT2D eigenvalue weighted by Crippen LogP contribution is -2.05. The Morgan fingerprint density at radius 1 is 1.14 bits per heavy atom. The monoisotopic (exact) mass is 297 g/mol. The largest absolute Gasteiger partial charge is 0.481 e. The van der Waals surface area contributed by atoms with Gasteiger partial charge in [0.25, 0.3) is 11.4 Å². The maximum atomic E-state index is 10.9. The molecule has 0 saturated heterocycles. The van der Waals surface area contributed by atoms with Crippen LogP contribution in [0.1, 0.15) is 25.7 Å². The van der Waals surface area contributed by atoms with Crippen molar-refractivity contribution in [3.8, 4) is 0 Å². The summed E-state index contributed by atoms with van der Waals surface area (Å²) in [7, 11) is 0. The Morgan fingerprint density at radius 2 is 1.86 bits per heavy atom. The van der Waals surface area contributed by atoms with E-state index in [0.717, 1.165) is 6.07 Å². The van der Waals surface area contributed by atoms with E-state index in [2.05, 4.69) is 5.32 Å². The van der Waals surface area contributed by atoms with Gasteiger partial charge in [-0.15, -0.1) is 0 Å². The summed E-state index contributed by atoms with van der Waals surface area (Å²) in [6.07, 6.45) is 1.97. The van der Waals surface area contributed by atoms with E-state index in [9.17, 15) is 25.0 Å². The second-order valence-corrected chi connectivity index (χ2v) is 4.35. The lowest BCUT2D eigenvalue weighted by Gasteiger charge is -2.06. The van der Waals surface area contributed by atoms with Gasteiger partial charge in [0.15, 0.2) is 0 Å². The molecule has 1 aromatic rings. The first-order chi connectivity index (χ1) is 9.91. The maximum Gasteiger partial charge on any atom is 0.303 e. The molecule has 9 nitrogen and oxygen atoms in total. The van der Waals surface area contributed by atoms with Crippen molar-refractivity contribution in [2.45, 2.75) is 25.7 Å². The van der Waals surface area contributed by atoms with Gasteiger partial charge in [0.1, 0.15) is 5.69 Å². The van der Waals surface area contributed by atoms with E-state index in [1.54, 1.807) is 0 Å². The second-order valence-electron chi connectivity index (χ2n) is 4.35.